The third-order valence-electron chi connectivity index (χ3n) is 4.48. The molecule has 0 spiro atoms. The highest BCUT2D eigenvalue weighted by atomic mass is 16.1. The van der Waals surface area contributed by atoms with Crippen LogP contribution in [0.3, 0.4) is 0 Å². The molecule has 3 heteroatoms. The van der Waals surface area contributed by atoms with Crippen molar-refractivity contribution in [1.29, 1.82) is 0 Å². The molecular weight excluding hydrogens is 260 g/mol. The lowest BCUT2D eigenvalue weighted by Crippen LogP contribution is -2.35. The highest BCUT2D eigenvalue weighted by Crippen LogP contribution is 2.27. The first-order chi connectivity index (χ1) is 10.2. The first kappa shape index (κ1) is 14.1. The fourth-order valence-electron chi connectivity index (χ4n) is 3.26. The molecule has 1 fully saturated rings. The molecule has 0 radical (unpaired) electrons. The molecule has 0 bridgehead atoms. The molecule has 21 heavy (non-hydrogen) atoms. The number of nitrogens with one attached hydrogen (secondary N) is 1. The van der Waals surface area contributed by atoms with Crippen molar-refractivity contribution in [3.05, 3.63) is 42.5 Å². The van der Waals surface area contributed by atoms with Crippen LogP contribution in [0.15, 0.2) is 42.5 Å². The normalized spacial score (nSPS) is 22.1. The van der Waals surface area contributed by atoms with Crippen LogP contribution in [0.2, 0.25) is 0 Å². The van der Waals surface area contributed by atoms with E-state index in [-0.39, 0.29) is 11.9 Å². The number of rotatable bonds is 3. The molecule has 1 aliphatic carbocycles. The lowest BCUT2D eigenvalue weighted by Gasteiger charge is -2.28. The van der Waals surface area contributed by atoms with Crippen LogP contribution in [0.4, 0.5) is 5.69 Å². The van der Waals surface area contributed by atoms with Gasteiger partial charge in [0.2, 0.25) is 5.91 Å². The summed E-state index contributed by atoms with van der Waals surface area (Å²) in [6, 6.07) is 14.3. The molecule has 1 aliphatic rings. The number of hydrogen-bond acceptors (Lipinski definition) is 2. The number of anilines is 1. The molecule has 1 amide bonds. The molecule has 0 aliphatic heterocycles. The summed E-state index contributed by atoms with van der Waals surface area (Å²) >= 11 is 0. The van der Waals surface area contributed by atoms with Crippen molar-refractivity contribution in [3.63, 3.8) is 0 Å². The predicted octanol–water partition coefficient (Wildman–Crippen LogP) is 3.69. The van der Waals surface area contributed by atoms with Crippen LogP contribution < -0.4 is 11.1 Å². The molecule has 0 saturated heterocycles. The highest BCUT2D eigenvalue weighted by molar-refractivity contribution is 6.02. The summed E-state index contributed by atoms with van der Waals surface area (Å²) < 4.78 is 0. The van der Waals surface area contributed by atoms with Crippen LogP contribution in [-0.4, -0.2) is 11.9 Å². The van der Waals surface area contributed by atoms with Crippen molar-refractivity contribution in [2.75, 3.05) is 5.32 Å². The van der Waals surface area contributed by atoms with Gasteiger partial charge >= 0.3 is 0 Å². The van der Waals surface area contributed by atoms with Crippen molar-refractivity contribution < 1.29 is 4.79 Å². The third-order valence-corrected chi connectivity index (χ3v) is 4.48. The quantitative estimate of drug-likeness (QED) is 0.902. The minimum absolute atomic E-state index is 0.0775. The molecule has 2 aromatic carbocycles. The zero-order valence-electron chi connectivity index (χ0n) is 12.2. The van der Waals surface area contributed by atoms with Crippen molar-refractivity contribution in [1.82, 2.24) is 0 Å². The van der Waals surface area contributed by atoms with Crippen LogP contribution in [0.1, 0.15) is 32.1 Å². The molecular formula is C18H22N2O. The summed E-state index contributed by atoms with van der Waals surface area (Å²) in [6.45, 7) is 0. The van der Waals surface area contributed by atoms with Gasteiger partial charge in [0, 0.05) is 23.5 Å². The summed E-state index contributed by atoms with van der Waals surface area (Å²) in [5.41, 5.74) is 7.02. The van der Waals surface area contributed by atoms with Crippen LogP contribution >= 0.6 is 0 Å². The first-order valence-electron chi connectivity index (χ1n) is 7.77. The maximum Gasteiger partial charge on any atom is 0.224 e. The molecule has 3 N–H and O–H groups in total. The first-order valence-corrected chi connectivity index (χ1v) is 7.77. The SMILES string of the molecule is NC1CCCCC1CC(=O)Nc1cccc2ccccc12. The van der Waals surface area contributed by atoms with Gasteiger partial charge in [0.1, 0.15) is 0 Å². The summed E-state index contributed by atoms with van der Waals surface area (Å²) in [5, 5.41) is 5.29. The van der Waals surface area contributed by atoms with E-state index in [1.807, 2.05) is 30.3 Å². The molecule has 2 unspecified atom stereocenters. The monoisotopic (exact) mass is 282 g/mol. The van der Waals surface area contributed by atoms with E-state index in [1.165, 1.54) is 12.8 Å². The Bertz CT molecular complexity index is 633. The summed E-state index contributed by atoms with van der Waals surface area (Å²) in [6.07, 6.45) is 5.04. The van der Waals surface area contributed by atoms with Gasteiger partial charge in [-0.1, -0.05) is 49.2 Å². The number of hydrogen-bond donors (Lipinski definition) is 2. The van der Waals surface area contributed by atoms with Gasteiger partial charge in [-0.05, 0) is 30.2 Å². The summed E-state index contributed by atoms with van der Waals surface area (Å²) in [5.74, 6) is 0.405. The zero-order chi connectivity index (χ0) is 14.7. The van der Waals surface area contributed by atoms with Crippen molar-refractivity contribution in [2.24, 2.45) is 11.7 Å². The number of carbonyl (C=O) groups is 1. The smallest absolute Gasteiger partial charge is 0.224 e. The van der Waals surface area contributed by atoms with Gasteiger partial charge in [0.25, 0.3) is 0 Å². The van der Waals surface area contributed by atoms with Crippen LogP contribution in [0, 0.1) is 5.92 Å². The maximum atomic E-state index is 12.3. The molecule has 3 nitrogen and oxygen atoms in total. The van der Waals surface area contributed by atoms with E-state index in [9.17, 15) is 4.79 Å². The average Bonchev–Trinajstić information content (AvgIpc) is 2.50. The fraction of sp³-hybridized carbons (Fsp3) is 0.389. The zero-order valence-corrected chi connectivity index (χ0v) is 12.2. The topological polar surface area (TPSA) is 55.1 Å². The summed E-state index contributed by atoms with van der Waals surface area (Å²) in [4.78, 5) is 12.3. The molecule has 0 aromatic heterocycles. The lowest BCUT2D eigenvalue weighted by molar-refractivity contribution is -0.117. The largest absolute Gasteiger partial charge is 0.327 e. The van der Waals surface area contributed by atoms with E-state index in [0.717, 1.165) is 29.3 Å². The van der Waals surface area contributed by atoms with Gasteiger partial charge in [0.15, 0.2) is 0 Å². The lowest BCUT2D eigenvalue weighted by atomic mass is 9.83. The van der Waals surface area contributed by atoms with E-state index in [0.29, 0.717) is 12.3 Å². The molecule has 0 heterocycles. The van der Waals surface area contributed by atoms with Crippen molar-refractivity contribution >= 4 is 22.4 Å². The van der Waals surface area contributed by atoms with E-state index in [2.05, 4.69) is 17.4 Å². The molecule has 2 aromatic rings. The second kappa shape index (κ2) is 6.27. The van der Waals surface area contributed by atoms with Gasteiger partial charge in [-0.15, -0.1) is 0 Å². The Morgan fingerprint density at radius 3 is 2.71 bits per heavy atom. The Labute approximate surface area is 125 Å². The van der Waals surface area contributed by atoms with E-state index < -0.39 is 0 Å². The molecule has 3 rings (SSSR count). The van der Waals surface area contributed by atoms with Crippen molar-refractivity contribution in [2.45, 2.75) is 38.1 Å². The Hall–Kier alpha value is -1.87. The highest BCUT2D eigenvalue weighted by Gasteiger charge is 2.24. The predicted molar refractivity (Wildman–Crippen MR) is 87.1 cm³/mol. The van der Waals surface area contributed by atoms with Crippen molar-refractivity contribution in [3.8, 4) is 0 Å². The van der Waals surface area contributed by atoms with E-state index >= 15 is 0 Å². The van der Waals surface area contributed by atoms with Gasteiger partial charge in [-0.25, -0.2) is 0 Å². The fourth-order valence-corrected chi connectivity index (χ4v) is 3.26. The van der Waals surface area contributed by atoms with Crippen LogP contribution in [0.5, 0.6) is 0 Å². The van der Waals surface area contributed by atoms with Gasteiger partial charge < -0.3 is 11.1 Å². The number of amides is 1. The number of benzene rings is 2. The van der Waals surface area contributed by atoms with E-state index in [4.69, 9.17) is 5.73 Å². The molecule has 2 atom stereocenters. The van der Waals surface area contributed by atoms with Gasteiger partial charge in [0.05, 0.1) is 0 Å². The Kier molecular flexibility index (Phi) is 4.20. The average molecular weight is 282 g/mol. The standard InChI is InChI=1S/C18H22N2O/c19-16-10-4-2-7-14(16)12-18(21)20-17-11-5-8-13-6-1-3-9-15(13)17/h1,3,5-6,8-9,11,14,16H,2,4,7,10,12,19H2,(H,20,21). The van der Waals surface area contributed by atoms with Crippen LogP contribution in [0.25, 0.3) is 10.8 Å². The van der Waals surface area contributed by atoms with E-state index in [1.54, 1.807) is 0 Å². The minimum atomic E-state index is 0.0775. The molecule has 1 saturated carbocycles. The third kappa shape index (κ3) is 3.24. The Morgan fingerprint density at radius 1 is 1.10 bits per heavy atom. The number of carbonyl (C=O) groups excluding carboxylic acids is 1. The molecule has 110 valence electrons. The maximum absolute atomic E-state index is 12.3. The van der Waals surface area contributed by atoms with Crippen LogP contribution in [-0.2, 0) is 4.79 Å². The number of fused-ring (bicyclic) bond motifs is 1. The second-order valence-electron chi connectivity index (χ2n) is 5.99. The number of nitrogens with two attached hydrogens (primary N) is 1. The Balaban J connectivity index is 1.71. The summed E-state index contributed by atoms with van der Waals surface area (Å²) in [7, 11) is 0. The van der Waals surface area contributed by atoms with Gasteiger partial charge in [-0.2, -0.15) is 0 Å². The minimum Gasteiger partial charge on any atom is -0.327 e. The van der Waals surface area contributed by atoms with Gasteiger partial charge in [-0.3, -0.25) is 4.79 Å². The Morgan fingerprint density at radius 2 is 1.86 bits per heavy atom. The second-order valence-corrected chi connectivity index (χ2v) is 5.99.